The van der Waals surface area contributed by atoms with Crippen LogP contribution in [0, 0.1) is 0 Å². The number of hydrogen-bond acceptors (Lipinski definition) is 4. The van der Waals surface area contributed by atoms with Gasteiger partial charge in [-0.1, -0.05) is 6.42 Å². The number of benzene rings is 1. The van der Waals surface area contributed by atoms with E-state index in [1.807, 2.05) is 6.92 Å². The molecule has 2 amide bonds. The normalized spacial score (nSPS) is 17.3. The summed E-state index contributed by atoms with van der Waals surface area (Å²) >= 11 is 0. The van der Waals surface area contributed by atoms with Gasteiger partial charge in [-0.15, -0.1) is 12.4 Å². The molecule has 1 N–H and O–H groups in total. The maximum absolute atomic E-state index is 12.6. The maximum Gasteiger partial charge on any atom is 0.422 e. The molecule has 1 saturated heterocycles. The SMILES string of the molecule is CC1CCCCN1CN(C)C(=O)Nc1cc(OCC(F)(F)F)ccc1OCC(F)(F)F.Cl. The monoisotopic (exact) mass is 493 g/mol. The van der Waals surface area contributed by atoms with Gasteiger partial charge in [-0.25, -0.2) is 4.79 Å². The zero-order chi connectivity index (χ0) is 23.2. The highest BCUT2D eigenvalue weighted by Gasteiger charge is 2.30. The van der Waals surface area contributed by atoms with Crippen molar-refractivity contribution in [3.05, 3.63) is 18.2 Å². The van der Waals surface area contributed by atoms with Crippen molar-refractivity contribution in [1.29, 1.82) is 0 Å². The van der Waals surface area contributed by atoms with Gasteiger partial charge < -0.3 is 19.7 Å². The molecule has 0 aromatic heterocycles. The van der Waals surface area contributed by atoms with E-state index in [-0.39, 0.29) is 42.3 Å². The molecule has 32 heavy (non-hydrogen) atoms. The van der Waals surface area contributed by atoms with E-state index in [1.165, 1.54) is 11.9 Å². The number of carbonyl (C=O) groups excluding carboxylic acids is 1. The third-order valence-electron chi connectivity index (χ3n) is 4.67. The van der Waals surface area contributed by atoms with Crippen molar-refractivity contribution in [3.63, 3.8) is 0 Å². The largest absolute Gasteiger partial charge is 0.484 e. The first kappa shape index (κ1) is 28.0. The number of carbonyl (C=O) groups is 1. The Bertz CT molecular complexity index is 748. The van der Waals surface area contributed by atoms with Crippen LogP contribution in [-0.4, -0.2) is 67.7 Å². The van der Waals surface area contributed by atoms with Gasteiger partial charge in [0.2, 0.25) is 0 Å². The summed E-state index contributed by atoms with van der Waals surface area (Å²) in [6.07, 6.45) is -6.15. The topological polar surface area (TPSA) is 54.0 Å². The van der Waals surface area contributed by atoms with Crippen LogP contribution in [0.3, 0.4) is 0 Å². The molecule has 1 aliphatic heterocycles. The first-order valence-electron chi connectivity index (χ1n) is 9.63. The summed E-state index contributed by atoms with van der Waals surface area (Å²) in [4.78, 5) is 16.0. The van der Waals surface area contributed by atoms with Gasteiger partial charge >= 0.3 is 18.4 Å². The number of rotatable bonds is 7. The molecular weight excluding hydrogens is 468 g/mol. The zero-order valence-electron chi connectivity index (χ0n) is 17.6. The number of amides is 2. The van der Waals surface area contributed by atoms with E-state index in [1.54, 1.807) is 0 Å². The second kappa shape index (κ2) is 11.7. The summed E-state index contributed by atoms with van der Waals surface area (Å²) < 4.78 is 84.0. The number of urea groups is 1. The van der Waals surface area contributed by atoms with E-state index in [0.717, 1.165) is 44.0 Å². The number of nitrogens with zero attached hydrogens (tertiary/aromatic N) is 2. The average Bonchev–Trinajstić information content (AvgIpc) is 2.66. The van der Waals surface area contributed by atoms with Crippen LogP contribution >= 0.6 is 12.4 Å². The van der Waals surface area contributed by atoms with E-state index < -0.39 is 31.6 Å². The first-order valence-corrected chi connectivity index (χ1v) is 9.63. The highest BCUT2D eigenvalue weighted by Crippen LogP contribution is 2.32. The molecule has 1 fully saturated rings. The van der Waals surface area contributed by atoms with E-state index in [2.05, 4.69) is 15.0 Å². The van der Waals surface area contributed by atoms with Crippen LogP contribution in [0.1, 0.15) is 26.2 Å². The second-order valence-electron chi connectivity index (χ2n) is 7.39. The molecule has 1 aliphatic rings. The van der Waals surface area contributed by atoms with E-state index in [9.17, 15) is 31.1 Å². The molecule has 0 spiro atoms. The number of ether oxygens (including phenoxy) is 2. The number of hydrogen-bond donors (Lipinski definition) is 1. The summed E-state index contributed by atoms with van der Waals surface area (Å²) in [6, 6.07) is 2.66. The predicted molar refractivity (Wildman–Crippen MR) is 108 cm³/mol. The van der Waals surface area contributed by atoms with Crippen LogP contribution in [-0.2, 0) is 0 Å². The Kier molecular flexibility index (Phi) is 10.2. The summed E-state index contributed by atoms with van der Waals surface area (Å²) in [5.41, 5.74) is -0.229. The van der Waals surface area contributed by atoms with Crippen molar-refractivity contribution in [1.82, 2.24) is 9.80 Å². The maximum atomic E-state index is 12.6. The number of halogens is 7. The Hall–Kier alpha value is -2.08. The van der Waals surface area contributed by atoms with Crippen LogP contribution in [0.2, 0.25) is 0 Å². The standard InChI is InChI=1S/C19H25F6N3O3.ClH/c1-13-5-3-4-8-28(13)12-27(2)17(29)26-15-9-14(30-10-18(20,21)22)6-7-16(15)31-11-19(23,24)25;/h6-7,9,13H,3-5,8,10-12H2,1-2H3,(H,26,29);1H. The van der Waals surface area contributed by atoms with Crippen molar-refractivity contribution in [3.8, 4) is 11.5 Å². The van der Waals surface area contributed by atoms with Gasteiger partial charge in [-0.2, -0.15) is 26.3 Å². The fourth-order valence-electron chi connectivity index (χ4n) is 3.06. The molecule has 1 aromatic rings. The lowest BCUT2D eigenvalue weighted by molar-refractivity contribution is -0.154. The minimum atomic E-state index is -4.63. The molecule has 0 radical (unpaired) electrons. The Morgan fingerprint density at radius 1 is 1.12 bits per heavy atom. The van der Waals surface area contributed by atoms with E-state index >= 15 is 0 Å². The van der Waals surface area contributed by atoms with Crippen molar-refractivity contribution in [2.75, 3.05) is 38.8 Å². The van der Waals surface area contributed by atoms with Crippen LogP contribution in [0.25, 0.3) is 0 Å². The van der Waals surface area contributed by atoms with Gasteiger partial charge in [-0.05, 0) is 31.9 Å². The lowest BCUT2D eigenvalue weighted by Gasteiger charge is -2.36. The molecule has 6 nitrogen and oxygen atoms in total. The number of alkyl halides is 6. The number of likely N-dealkylation sites (tertiary alicyclic amines) is 1. The molecule has 0 aliphatic carbocycles. The fourth-order valence-corrected chi connectivity index (χ4v) is 3.06. The molecule has 1 heterocycles. The highest BCUT2D eigenvalue weighted by atomic mass is 35.5. The predicted octanol–water partition coefficient (Wildman–Crippen LogP) is 5.29. The molecular formula is C19H26ClF6N3O3. The van der Waals surface area contributed by atoms with Crippen LogP contribution < -0.4 is 14.8 Å². The Labute approximate surface area is 188 Å². The quantitative estimate of drug-likeness (QED) is 0.525. The Balaban J connectivity index is 0.00000512. The van der Waals surface area contributed by atoms with Gasteiger partial charge in [-0.3, -0.25) is 4.90 Å². The highest BCUT2D eigenvalue weighted by molar-refractivity contribution is 5.91. The third-order valence-corrected chi connectivity index (χ3v) is 4.67. The van der Waals surface area contributed by atoms with E-state index in [0.29, 0.717) is 0 Å². The molecule has 2 rings (SSSR count). The lowest BCUT2D eigenvalue weighted by Crippen LogP contribution is -2.46. The van der Waals surface area contributed by atoms with Crippen LogP contribution in [0.15, 0.2) is 18.2 Å². The average molecular weight is 494 g/mol. The molecule has 1 atom stereocenters. The first-order chi connectivity index (χ1) is 14.3. The van der Waals surface area contributed by atoms with E-state index in [4.69, 9.17) is 4.74 Å². The minimum Gasteiger partial charge on any atom is -0.484 e. The Morgan fingerprint density at radius 3 is 2.34 bits per heavy atom. The van der Waals surface area contributed by atoms with Gasteiger partial charge in [0.1, 0.15) is 11.5 Å². The summed E-state index contributed by atoms with van der Waals surface area (Å²) in [5.74, 6) is -0.621. The molecule has 13 heteroatoms. The van der Waals surface area contributed by atoms with Crippen molar-refractivity contribution >= 4 is 24.1 Å². The number of nitrogens with one attached hydrogen (secondary N) is 1. The lowest BCUT2D eigenvalue weighted by atomic mass is 10.0. The van der Waals surface area contributed by atoms with Crippen molar-refractivity contribution < 1.29 is 40.6 Å². The summed E-state index contributed by atoms with van der Waals surface area (Å²) in [6.45, 7) is -0.0827. The summed E-state index contributed by atoms with van der Waals surface area (Å²) in [7, 11) is 1.51. The molecule has 184 valence electrons. The molecule has 0 bridgehead atoms. The summed E-state index contributed by atoms with van der Waals surface area (Å²) in [5, 5.41) is 2.40. The smallest absolute Gasteiger partial charge is 0.422 e. The van der Waals surface area contributed by atoms with Gasteiger partial charge in [0, 0.05) is 25.7 Å². The van der Waals surface area contributed by atoms with Gasteiger partial charge in [0.05, 0.1) is 12.4 Å². The third kappa shape index (κ3) is 9.60. The molecule has 0 saturated carbocycles. The van der Waals surface area contributed by atoms with Crippen molar-refractivity contribution in [2.45, 2.75) is 44.6 Å². The second-order valence-corrected chi connectivity index (χ2v) is 7.39. The van der Waals surface area contributed by atoms with Crippen molar-refractivity contribution in [2.24, 2.45) is 0 Å². The van der Waals surface area contributed by atoms with Gasteiger partial charge in [0.25, 0.3) is 0 Å². The number of anilines is 1. The zero-order valence-corrected chi connectivity index (χ0v) is 18.4. The minimum absolute atomic E-state index is 0. The molecule has 1 aromatic carbocycles. The molecule has 1 unspecified atom stereocenters. The number of piperidine rings is 1. The van der Waals surface area contributed by atoms with Crippen LogP contribution in [0.5, 0.6) is 11.5 Å². The fraction of sp³-hybridized carbons (Fsp3) is 0.632. The Morgan fingerprint density at radius 2 is 1.75 bits per heavy atom. The van der Waals surface area contributed by atoms with Gasteiger partial charge in [0.15, 0.2) is 13.2 Å². The van der Waals surface area contributed by atoms with Crippen LogP contribution in [0.4, 0.5) is 36.8 Å².